The minimum atomic E-state index is -0.743. The van der Waals surface area contributed by atoms with E-state index in [2.05, 4.69) is 26.9 Å². The average Bonchev–Trinajstić information content (AvgIpc) is 3.22. The van der Waals surface area contributed by atoms with Gasteiger partial charge in [0, 0.05) is 18.2 Å². The summed E-state index contributed by atoms with van der Waals surface area (Å²) in [6.45, 7) is 3.09. The van der Waals surface area contributed by atoms with Crippen LogP contribution in [0, 0.1) is 11.7 Å². The van der Waals surface area contributed by atoms with Crippen molar-refractivity contribution in [3.63, 3.8) is 0 Å². The third-order valence-electron chi connectivity index (χ3n) is 7.35. The Morgan fingerprint density at radius 2 is 1.69 bits per heavy atom. The van der Waals surface area contributed by atoms with Gasteiger partial charge in [-0.15, -0.1) is 12.4 Å². The molecule has 0 atom stereocenters. The zero-order chi connectivity index (χ0) is 24.4. The fourth-order valence-corrected chi connectivity index (χ4v) is 5.43. The third-order valence-corrected chi connectivity index (χ3v) is 7.35. The first-order valence-corrected chi connectivity index (χ1v) is 12.5. The van der Waals surface area contributed by atoms with Crippen LogP contribution in [0.3, 0.4) is 0 Å². The maximum atomic E-state index is 13.3. The summed E-state index contributed by atoms with van der Waals surface area (Å²) < 4.78 is 15.4. The van der Waals surface area contributed by atoms with E-state index in [4.69, 9.17) is 4.98 Å². The molecule has 1 saturated carbocycles. The maximum Gasteiger partial charge on any atom is 0.306 e. The molecule has 2 aliphatic rings. The summed E-state index contributed by atoms with van der Waals surface area (Å²) in [6, 6.07) is 11.7. The van der Waals surface area contributed by atoms with Gasteiger partial charge >= 0.3 is 5.97 Å². The van der Waals surface area contributed by atoms with Gasteiger partial charge in [-0.1, -0.05) is 12.5 Å². The number of hydrogen-bond acceptors (Lipinski definition) is 4. The molecule has 1 amide bonds. The summed E-state index contributed by atoms with van der Waals surface area (Å²) in [6.07, 6.45) is 6.35. The number of benzene rings is 2. The molecule has 1 saturated heterocycles. The number of carbonyl (C=O) groups excluding carboxylic acids is 1. The number of nitrogens with zero attached hydrogens (tertiary/aromatic N) is 3. The molecule has 9 heteroatoms. The predicted octanol–water partition coefficient (Wildman–Crippen LogP) is 5.65. The van der Waals surface area contributed by atoms with E-state index in [1.165, 1.54) is 49.1 Å². The number of aliphatic carboxylic acids is 1. The van der Waals surface area contributed by atoms with Crippen LogP contribution < -0.4 is 5.32 Å². The molecule has 2 N–H and O–H groups in total. The number of aromatic nitrogens is 2. The van der Waals surface area contributed by atoms with E-state index in [0.29, 0.717) is 37.2 Å². The molecule has 1 aromatic heterocycles. The van der Waals surface area contributed by atoms with Gasteiger partial charge in [0.25, 0.3) is 5.91 Å². The molecule has 1 aliphatic carbocycles. The first kappa shape index (κ1) is 26.1. The summed E-state index contributed by atoms with van der Waals surface area (Å²) in [5, 5.41) is 12.4. The minimum absolute atomic E-state index is 0. The molecule has 0 bridgehead atoms. The van der Waals surface area contributed by atoms with Crippen LogP contribution in [-0.2, 0) is 11.3 Å². The normalized spacial score (nSPS) is 20.6. The first-order valence-electron chi connectivity index (χ1n) is 12.5. The number of carbonyl (C=O) groups is 2. The van der Waals surface area contributed by atoms with Gasteiger partial charge in [0.2, 0.25) is 5.95 Å². The fraction of sp³-hybridized carbons (Fsp3) is 0.444. The Hall–Kier alpha value is -2.97. The van der Waals surface area contributed by atoms with E-state index in [0.717, 1.165) is 30.7 Å². The lowest BCUT2D eigenvalue weighted by Crippen LogP contribution is -2.29. The number of carboxylic acid groups (broad SMARTS) is 1. The van der Waals surface area contributed by atoms with E-state index in [-0.39, 0.29) is 30.3 Å². The molecular formula is C27H32ClFN4O3. The smallest absolute Gasteiger partial charge is 0.306 e. The number of halogens is 2. The molecule has 5 rings (SSSR count). The van der Waals surface area contributed by atoms with Crippen molar-refractivity contribution in [1.29, 1.82) is 0 Å². The molecule has 2 fully saturated rings. The van der Waals surface area contributed by atoms with Crippen LogP contribution in [0.5, 0.6) is 0 Å². The number of carboxylic acids is 1. The molecule has 192 valence electrons. The number of nitrogens with one attached hydrogen (secondary N) is 1. The second-order valence-electron chi connectivity index (χ2n) is 9.77. The molecule has 0 unspecified atom stereocenters. The lowest BCUT2D eigenvalue weighted by molar-refractivity contribution is -0.143. The Labute approximate surface area is 216 Å². The summed E-state index contributed by atoms with van der Waals surface area (Å²) in [7, 11) is 0. The van der Waals surface area contributed by atoms with Crippen LogP contribution in [0.25, 0.3) is 11.0 Å². The van der Waals surface area contributed by atoms with E-state index in [1.54, 1.807) is 0 Å². The highest BCUT2D eigenvalue weighted by molar-refractivity contribution is 6.04. The maximum absolute atomic E-state index is 13.3. The predicted molar refractivity (Wildman–Crippen MR) is 139 cm³/mol. The van der Waals surface area contributed by atoms with Crippen molar-refractivity contribution < 1.29 is 19.1 Å². The van der Waals surface area contributed by atoms with Crippen molar-refractivity contribution in [2.45, 2.75) is 57.5 Å². The molecule has 3 aromatic rings. The quantitative estimate of drug-likeness (QED) is 0.443. The lowest BCUT2D eigenvalue weighted by Gasteiger charge is -2.29. The van der Waals surface area contributed by atoms with Crippen molar-refractivity contribution in [3.05, 3.63) is 59.4 Å². The van der Waals surface area contributed by atoms with Gasteiger partial charge in [0.1, 0.15) is 5.82 Å². The Kier molecular flexibility index (Phi) is 8.26. The lowest BCUT2D eigenvalue weighted by atomic mass is 9.86. The molecule has 36 heavy (non-hydrogen) atoms. The van der Waals surface area contributed by atoms with Gasteiger partial charge in [-0.3, -0.25) is 19.8 Å². The molecule has 2 heterocycles. The monoisotopic (exact) mass is 514 g/mol. The Morgan fingerprint density at radius 3 is 2.36 bits per heavy atom. The fourth-order valence-electron chi connectivity index (χ4n) is 5.43. The van der Waals surface area contributed by atoms with Crippen LogP contribution in [0.4, 0.5) is 10.3 Å². The SMILES string of the molecule is Cl.O=C(Nc1nc2ccc(CN3CCCCC3)cc2n1C1CCC(C(=O)O)CC1)c1ccc(F)cc1. The summed E-state index contributed by atoms with van der Waals surface area (Å²) in [5.74, 6) is -1.37. The number of piperidine rings is 1. The molecular weight excluding hydrogens is 483 g/mol. The Morgan fingerprint density at radius 1 is 1.00 bits per heavy atom. The van der Waals surface area contributed by atoms with Gasteiger partial charge in [-0.05, 0) is 93.6 Å². The summed E-state index contributed by atoms with van der Waals surface area (Å²) >= 11 is 0. The molecule has 1 aliphatic heterocycles. The van der Waals surface area contributed by atoms with Gasteiger partial charge in [-0.25, -0.2) is 9.37 Å². The van der Waals surface area contributed by atoms with Gasteiger partial charge < -0.3 is 9.67 Å². The van der Waals surface area contributed by atoms with Crippen LogP contribution in [0.1, 0.15) is 66.9 Å². The summed E-state index contributed by atoms with van der Waals surface area (Å²) in [4.78, 5) is 31.6. The highest BCUT2D eigenvalue weighted by atomic mass is 35.5. The van der Waals surface area contributed by atoms with Crippen LogP contribution in [-0.4, -0.2) is 44.5 Å². The van der Waals surface area contributed by atoms with Gasteiger partial charge in [0.05, 0.1) is 17.0 Å². The number of fused-ring (bicyclic) bond motifs is 1. The standard InChI is InChI=1S/C27H31FN4O3.ClH/c28-21-9-5-19(6-10-21)25(33)30-27-29-23-13-4-18(17-31-14-2-1-3-15-31)16-24(23)32(27)22-11-7-20(8-12-22)26(34)35;/h4-6,9-10,13,16,20,22H,1-3,7-8,11-12,14-15,17H2,(H,34,35)(H,29,30,33);1H. The molecule has 7 nitrogen and oxygen atoms in total. The van der Waals surface area contributed by atoms with E-state index in [1.807, 2.05) is 6.07 Å². The zero-order valence-electron chi connectivity index (χ0n) is 20.2. The second kappa shape index (κ2) is 11.4. The largest absolute Gasteiger partial charge is 0.481 e. The molecule has 0 spiro atoms. The number of amides is 1. The molecule has 2 aromatic carbocycles. The number of hydrogen-bond donors (Lipinski definition) is 2. The summed E-state index contributed by atoms with van der Waals surface area (Å²) in [5.41, 5.74) is 3.30. The second-order valence-corrected chi connectivity index (χ2v) is 9.77. The topological polar surface area (TPSA) is 87.5 Å². The van der Waals surface area contributed by atoms with Crippen molar-refractivity contribution in [1.82, 2.24) is 14.5 Å². The number of anilines is 1. The van der Waals surface area contributed by atoms with Crippen molar-refractivity contribution in [2.75, 3.05) is 18.4 Å². The van der Waals surface area contributed by atoms with E-state index < -0.39 is 11.8 Å². The zero-order valence-corrected chi connectivity index (χ0v) is 21.0. The Balaban J connectivity index is 0.00000304. The minimum Gasteiger partial charge on any atom is -0.481 e. The van der Waals surface area contributed by atoms with E-state index in [9.17, 15) is 19.1 Å². The van der Waals surface area contributed by atoms with Gasteiger partial charge in [0.15, 0.2) is 0 Å². The Bertz CT molecular complexity index is 1220. The van der Waals surface area contributed by atoms with E-state index >= 15 is 0 Å². The first-order chi connectivity index (χ1) is 17.0. The van der Waals surface area contributed by atoms with Crippen molar-refractivity contribution in [3.8, 4) is 0 Å². The van der Waals surface area contributed by atoms with Crippen molar-refractivity contribution in [2.24, 2.45) is 5.92 Å². The highest BCUT2D eigenvalue weighted by Gasteiger charge is 2.29. The third kappa shape index (κ3) is 5.71. The average molecular weight is 515 g/mol. The number of rotatable bonds is 6. The van der Waals surface area contributed by atoms with Gasteiger partial charge in [-0.2, -0.15) is 0 Å². The van der Waals surface area contributed by atoms with Crippen LogP contribution in [0.2, 0.25) is 0 Å². The molecule has 0 radical (unpaired) electrons. The van der Waals surface area contributed by atoms with Crippen LogP contribution in [0.15, 0.2) is 42.5 Å². The van der Waals surface area contributed by atoms with Crippen LogP contribution >= 0.6 is 12.4 Å². The number of likely N-dealkylation sites (tertiary alicyclic amines) is 1. The highest BCUT2D eigenvalue weighted by Crippen LogP contribution is 2.37. The number of imidazole rings is 1. The van der Waals surface area contributed by atoms with Crippen molar-refractivity contribution >= 4 is 41.3 Å².